The maximum atomic E-state index is 13.5. The lowest BCUT2D eigenvalue weighted by Crippen LogP contribution is -2.52. The number of likely N-dealkylation sites (N-methyl/N-ethyl adjacent to an activating group) is 1. The number of ether oxygens (including phenoxy) is 1. The lowest BCUT2D eigenvalue weighted by molar-refractivity contribution is -0.132. The molecule has 0 bridgehead atoms. The summed E-state index contributed by atoms with van der Waals surface area (Å²) in [6.07, 6.45) is 6.44. The third-order valence-corrected chi connectivity index (χ3v) is 5.33. The summed E-state index contributed by atoms with van der Waals surface area (Å²) < 4.78 is 32.3. The minimum absolute atomic E-state index is 0.00506. The molecule has 0 aromatic carbocycles. The van der Waals surface area contributed by atoms with Gasteiger partial charge in [0, 0.05) is 7.05 Å². The van der Waals surface area contributed by atoms with E-state index in [4.69, 9.17) is 10.1 Å². The quantitative estimate of drug-likeness (QED) is 0.799. The molecule has 1 amide bonds. The summed E-state index contributed by atoms with van der Waals surface area (Å²) >= 11 is 0. The summed E-state index contributed by atoms with van der Waals surface area (Å²) in [5.74, 6) is 0.460. The fourth-order valence-corrected chi connectivity index (χ4v) is 3.87. The molecule has 7 heteroatoms. The minimum Gasteiger partial charge on any atom is -0.491 e. The Hall–Kier alpha value is -1.92. The van der Waals surface area contributed by atoms with Gasteiger partial charge in [-0.3, -0.25) is 15.1 Å². The maximum Gasteiger partial charge on any atom is 0.258 e. The molecule has 1 heterocycles. The molecule has 2 fully saturated rings. The van der Waals surface area contributed by atoms with Gasteiger partial charge in [-0.15, -0.1) is 0 Å². The number of alkyl halides is 2. The van der Waals surface area contributed by atoms with Crippen molar-refractivity contribution in [1.29, 1.82) is 5.41 Å². The van der Waals surface area contributed by atoms with E-state index in [1.807, 2.05) is 0 Å². The monoisotopic (exact) mass is 353 g/mol. The van der Waals surface area contributed by atoms with E-state index in [0.29, 0.717) is 12.3 Å². The first-order valence-corrected chi connectivity index (χ1v) is 8.87. The summed E-state index contributed by atoms with van der Waals surface area (Å²) in [4.78, 5) is 14.1. The molecule has 1 saturated carbocycles. The first-order valence-electron chi connectivity index (χ1n) is 8.87. The number of allylic oxidation sites excluding steroid dienone is 3. The third kappa shape index (κ3) is 3.70. The number of nitrogens with one attached hydrogen (secondary N) is 2. The summed E-state index contributed by atoms with van der Waals surface area (Å²) in [6, 6.07) is 0. The molecule has 1 aliphatic heterocycles. The van der Waals surface area contributed by atoms with E-state index < -0.39 is 17.9 Å². The second-order valence-electron chi connectivity index (χ2n) is 7.23. The fraction of sp³-hybridized carbons (Fsp3) is 0.667. The molecule has 5 nitrogen and oxygen atoms in total. The molecule has 25 heavy (non-hydrogen) atoms. The number of hydrogen-bond donors (Lipinski definition) is 2. The molecule has 2 aliphatic carbocycles. The maximum absolute atomic E-state index is 13.5. The molecule has 0 radical (unpaired) electrons. The van der Waals surface area contributed by atoms with Crippen LogP contribution in [0.2, 0.25) is 0 Å². The Bertz CT molecular complexity index is 601. The Balaban J connectivity index is 1.73. The van der Waals surface area contributed by atoms with Crippen molar-refractivity contribution < 1.29 is 18.3 Å². The molecule has 3 rings (SSSR count). The predicted molar refractivity (Wildman–Crippen MR) is 90.5 cm³/mol. The molecule has 3 atom stereocenters. The van der Waals surface area contributed by atoms with E-state index in [9.17, 15) is 13.6 Å². The van der Waals surface area contributed by atoms with Crippen LogP contribution in [0.15, 0.2) is 24.0 Å². The van der Waals surface area contributed by atoms with E-state index >= 15 is 0 Å². The first kappa shape index (κ1) is 17.9. The van der Waals surface area contributed by atoms with Gasteiger partial charge in [-0.1, -0.05) is 32.1 Å². The van der Waals surface area contributed by atoms with Gasteiger partial charge in [0.25, 0.3) is 5.91 Å². The van der Waals surface area contributed by atoms with Crippen molar-refractivity contribution in [1.82, 2.24) is 10.2 Å². The van der Waals surface area contributed by atoms with Crippen molar-refractivity contribution in [2.45, 2.75) is 56.4 Å². The van der Waals surface area contributed by atoms with E-state index in [1.54, 1.807) is 7.05 Å². The van der Waals surface area contributed by atoms with Gasteiger partial charge < -0.3 is 10.1 Å². The Morgan fingerprint density at radius 3 is 2.64 bits per heavy atom. The number of amides is 1. The standard InChI is InChI=1S/C18H25F2N3O2/c1-23-16(24)18(22-17(23)21,10-12-5-3-2-4-6-12)11-25-13-7-8-14(19)15(20)9-13/h7-9,12,14-15H,2-6,10-11H2,1H3,(H2,21,22). The summed E-state index contributed by atoms with van der Waals surface area (Å²) in [7, 11) is 1.56. The smallest absolute Gasteiger partial charge is 0.258 e. The van der Waals surface area contributed by atoms with Crippen LogP contribution < -0.4 is 5.32 Å². The lowest BCUT2D eigenvalue weighted by Gasteiger charge is -2.33. The Morgan fingerprint density at radius 2 is 2.04 bits per heavy atom. The van der Waals surface area contributed by atoms with Crippen molar-refractivity contribution in [2.75, 3.05) is 13.7 Å². The number of carbonyl (C=O) groups is 1. The highest BCUT2D eigenvalue weighted by atomic mass is 19.2. The van der Waals surface area contributed by atoms with Gasteiger partial charge in [0.15, 0.2) is 23.8 Å². The third-order valence-electron chi connectivity index (χ3n) is 5.33. The van der Waals surface area contributed by atoms with Crippen molar-refractivity contribution in [3.63, 3.8) is 0 Å². The van der Waals surface area contributed by atoms with Crippen LogP contribution in [0, 0.1) is 11.3 Å². The van der Waals surface area contributed by atoms with Crippen molar-refractivity contribution in [3.05, 3.63) is 24.0 Å². The number of carbonyl (C=O) groups excluding carboxylic acids is 1. The zero-order valence-corrected chi connectivity index (χ0v) is 14.4. The molecule has 3 unspecified atom stereocenters. The molecular formula is C18H25F2N3O2. The molecule has 0 spiro atoms. The van der Waals surface area contributed by atoms with Crippen molar-refractivity contribution in [2.24, 2.45) is 5.92 Å². The van der Waals surface area contributed by atoms with Crippen molar-refractivity contribution >= 4 is 11.9 Å². The second kappa shape index (κ2) is 7.14. The number of rotatable bonds is 5. The molecule has 0 aromatic heterocycles. The van der Waals surface area contributed by atoms with Crippen LogP contribution in [0.1, 0.15) is 38.5 Å². The van der Waals surface area contributed by atoms with Crippen LogP contribution in [0.5, 0.6) is 0 Å². The largest absolute Gasteiger partial charge is 0.491 e. The van der Waals surface area contributed by atoms with Crippen molar-refractivity contribution in [3.8, 4) is 0 Å². The van der Waals surface area contributed by atoms with Gasteiger partial charge in [-0.2, -0.15) is 0 Å². The van der Waals surface area contributed by atoms with Gasteiger partial charge in [0.1, 0.15) is 12.4 Å². The van der Waals surface area contributed by atoms with Gasteiger partial charge >= 0.3 is 0 Å². The van der Waals surface area contributed by atoms with E-state index in [1.165, 1.54) is 17.4 Å². The van der Waals surface area contributed by atoms with Gasteiger partial charge in [-0.05, 0) is 30.6 Å². The van der Waals surface area contributed by atoms with Crippen LogP contribution in [0.3, 0.4) is 0 Å². The van der Waals surface area contributed by atoms with Gasteiger partial charge in [-0.25, -0.2) is 8.78 Å². The van der Waals surface area contributed by atoms with E-state index in [-0.39, 0.29) is 24.2 Å². The Labute approximate surface area is 146 Å². The predicted octanol–water partition coefficient (Wildman–Crippen LogP) is 2.84. The molecule has 0 aromatic rings. The van der Waals surface area contributed by atoms with Crippen LogP contribution in [-0.4, -0.2) is 48.3 Å². The number of halogens is 2. The topological polar surface area (TPSA) is 65.4 Å². The van der Waals surface area contributed by atoms with Crippen LogP contribution in [-0.2, 0) is 9.53 Å². The van der Waals surface area contributed by atoms with Crippen LogP contribution in [0.25, 0.3) is 0 Å². The zero-order chi connectivity index (χ0) is 18.0. The van der Waals surface area contributed by atoms with Crippen LogP contribution >= 0.6 is 0 Å². The molecule has 2 N–H and O–H groups in total. The number of hydrogen-bond acceptors (Lipinski definition) is 3. The SMILES string of the molecule is CN1C(=N)NC(COC2=CC(F)C(F)C=C2)(CC2CCCCC2)C1=O. The highest BCUT2D eigenvalue weighted by Crippen LogP contribution is 2.34. The summed E-state index contributed by atoms with van der Waals surface area (Å²) in [6.45, 7) is -0.00506. The highest BCUT2D eigenvalue weighted by molar-refractivity contribution is 6.07. The first-order chi connectivity index (χ1) is 11.9. The number of guanidine groups is 1. The average Bonchev–Trinajstić information content (AvgIpc) is 2.81. The fourth-order valence-electron chi connectivity index (χ4n) is 3.87. The van der Waals surface area contributed by atoms with Gasteiger partial charge in [0.2, 0.25) is 0 Å². The highest BCUT2D eigenvalue weighted by Gasteiger charge is 2.50. The zero-order valence-electron chi connectivity index (χ0n) is 14.4. The summed E-state index contributed by atoms with van der Waals surface area (Å²) in [5.41, 5.74) is -1.01. The van der Waals surface area contributed by atoms with E-state index in [2.05, 4.69) is 5.32 Å². The average molecular weight is 353 g/mol. The summed E-state index contributed by atoms with van der Waals surface area (Å²) in [5, 5.41) is 10.9. The number of nitrogens with zero attached hydrogens (tertiary/aromatic N) is 1. The molecule has 138 valence electrons. The molecular weight excluding hydrogens is 328 g/mol. The Morgan fingerprint density at radius 1 is 1.32 bits per heavy atom. The Kier molecular flexibility index (Phi) is 5.11. The van der Waals surface area contributed by atoms with E-state index in [0.717, 1.165) is 37.8 Å². The molecule has 1 saturated heterocycles. The van der Waals surface area contributed by atoms with Gasteiger partial charge in [0.05, 0.1) is 0 Å². The minimum atomic E-state index is -1.73. The second-order valence-corrected chi connectivity index (χ2v) is 7.23. The lowest BCUT2D eigenvalue weighted by atomic mass is 9.79. The normalized spacial score (nSPS) is 33.4. The van der Waals surface area contributed by atoms with Crippen LogP contribution in [0.4, 0.5) is 8.78 Å². The molecule has 3 aliphatic rings.